The third-order valence-electron chi connectivity index (χ3n) is 4.74. The molecule has 0 aromatic heterocycles. The van der Waals surface area contributed by atoms with Crippen LogP contribution in [0.25, 0.3) is 6.08 Å². The van der Waals surface area contributed by atoms with Crippen LogP contribution >= 0.6 is 0 Å². The van der Waals surface area contributed by atoms with Crippen LogP contribution in [0.2, 0.25) is 0 Å². The third kappa shape index (κ3) is 5.24. The lowest BCUT2D eigenvalue weighted by Crippen LogP contribution is -2.39. The Kier molecular flexibility index (Phi) is 6.35. The molecule has 0 saturated carbocycles. The zero-order chi connectivity index (χ0) is 22.6. The number of methoxy groups -OCH3 is 1. The number of carbonyl (C=O) groups excluding carboxylic acids is 2. The number of ether oxygens (including phenoxy) is 3. The quantitative estimate of drug-likeness (QED) is 0.550. The number of benzene rings is 2. The van der Waals surface area contributed by atoms with E-state index >= 15 is 0 Å². The number of alkyl halides is 3. The second kappa shape index (κ2) is 8.81. The van der Waals surface area contributed by atoms with Gasteiger partial charge in [-0.2, -0.15) is 13.2 Å². The van der Waals surface area contributed by atoms with Crippen molar-refractivity contribution in [2.45, 2.75) is 18.2 Å². The third-order valence-corrected chi connectivity index (χ3v) is 4.74. The van der Waals surface area contributed by atoms with Crippen LogP contribution in [-0.4, -0.2) is 43.0 Å². The summed E-state index contributed by atoms with van der Waals surface area (Å²) in [6.45, 7) is -0.983. The van der Waals surface area contributed by atoms with Gasteiger partial charge in [0.25, 0.3) is 0 Å². The molecule has 31 heavy (non-hydrogen) atoms. The molecule has 2 aromatic rings. The van der Waals surface area contributed by atoms with Crippen LogP contribution in [0.3, 0.4) is 0 Å². The van der Waals surface area contributed by atoms with Gasteiger partial charge >= 0.3 is 18.1 Å². The number of aliphatic hydroxyl groups is 1. The summed E-state index contributed by atoms with van der Waals surface area (Å²) >= 11 is 0. The summed E-state index contributed by atoms with van der Waals surface area (Å²) in [5.74, 6) is -0.854. The number of hydrogen-bond acceptors (Lipinski definition) is 6. The molecule has 1 atom stereocenters. The van der Waals surface area contributed by atoms with Gasteiger partial charge in [0.15, 0.2) is 5.60 Å². The van der Waals surface area contributed by atoms with Gasteiger partial charge < -0.3 is 19.3 Å². The minimum absolute atomic E-state index is 0.0702. The maximum Gasteiger partial charge on any atom is 0.416 e. The fourth-order valence-electron chi connectivity index (χ4n) is 3.02. The van der Waals surface area contributed by atoms with Crippen LogP contribution in [0.5, 0.6) is 5.75 Å². The van der Waals surface area contributed by atoms with Crippen molar-refractivity contribution < 1.29 is 42.1 Å². The maximum absolute atomic E-state index is 12.7. The van der Waals surface area contributed by atoms with Gasteiger partial charge in [-0.15, -0.1) is 0 Å². The number of rotatable bonds is 6. The first kappa shape index (κ1) is 22.4. The number of hydrogen-bond donors (Lipinski definition) is 1. The zero-order valence-corrected chi connectivity index (χ0v) is 16.4. The summed E-state index contributed by atoms with van der Waals surface area (Å²) in [7, 11) is 1.49. The highest BCUT2D eigenvalue weighted by Gasteiger charge is 2.44. The summed E-state index contributed by atoms with van der Waals surface area (Å²) in [5, 5.41) is 9.76. The van der Waals surface area contributed by atoms with Crippen molar-refractivity contribution in [3.05, 3.63) is 70.8 Å². The standard InChI is InChI=1S/C22H19F3O6/c1-29-18-8-4-15(5-9-18)19(27)30-13-21(12-26)11-16(20(28)31-21)10-14-2-6-17(7-3-14)22(23,24)25/h2-10,26H,11-13H2,1H3/b16-10+. The van der Waals surface area contributed by atoms with Crippen molar-refractivity contribution in [3.8, 4) is 5.75 Å². The predicted molar refractivity (Wildman–Crippen MR) is 103 cm³/mol. The van der Waals surface area contributed by atoms with Crippen LogP contribution in [0.15, 0.2) is 54.1 Å². The molecule has 9 heteroatoms. The van der Waals surface area contributed by atoms with E-state index in [1.807, 2.05) is 0 Å². The Hall–Kier alpha value is -3.33. The Morgan fingerprint density at radius 3 is 2.35 bits per heavy atom. The first-order valence-corrected chi connectivity index (χ1v) is 9.19. The number of carbonyl (C=O) groups is 2. The molecule has 0 aliphatic carbocycles. The molecular formula is C22H19F3O6. The molecule has 3 rings (SSSR count). The van der Waals surface area contributed by atoms with Gasteiger partial charge in [0.2, 0.25) is 0 Å². The van der Waals surface area contributed by atoms with E-state index in [0.29, 0.717) is 11.3 Å². The number of esters is 2. The zero-order valence-electron chi connectivity index (χ0n) is 16.4. The van der Waals surface area contributed by atoms with Crippen molar-refractivity contribution in [1.29, 1.82) is 0 Å². The monoisotopic (exact) mass is 436 g/mol. The highest BCUT2D eigenvalue weighted by atomic mass is 19.4. The molecule has 1 aliphatic rings. The van der Waals surface area contributed by atoms with E-state index in [0.717, 1.165) is 12.1 Å². The lowest BCUT2D eigenvalue weighted by atomic mass is 9.97. The fraction of sp³-hybridized carbons (Fsp3) is 0.273. The van der Waals surface area contributed by atoms with Gasteiger partial charge in [-0.05, 0) is 48.0 Å². The lowest BCUT2D eigenvalue weighted by Gasteiger charge is -2.24. The molecule has 1 fully saturated rings. The lowest BCUT2D eigenvalue weighted by molar-refractivity contribution is -0.154. The van der Waals surface area contributed by atoms with Crippen molar-refractivity contribution in [1.82, 2.24) is 0 Å². The van der Waals surface area contributed by atoms with Crippen LogP contribution in [0.4, 0.5) is 13.2 Å². The number of aliphatic hydroxyl groups excluding tert-OH is 1. The Balaban J connectivity index is 1.69. The molecule has 164 valence electrons. The molecule has 0 spiro atoms. The van der Waals surface area contributed by atoms with Crippen molar-refractivity contribution >= 4 is 18.0 Å². The van der Waals surface area contributed by atoms with E-state index in [2.05, 4.69) is 0 Å². The average Bonchev–Trinajstić information content (AvgIpc) is 3.07. The van der Waals surface area contributed by atoms with Gasteiger partial charge in [-0.1, -0.05) is 12.1 Å². The van der Waals surface area contributed by atoms with Crippen LogP contribution < -0.4 is 4.74 Å². The highest BCUT2D eigenvalue weighted by Crippen LogP contribution is 2.33. The summed E-state index contributed by atoms with van der Waals surface area (Å²) in [6, 6.07) is 10.4. The molecule has 0 amide bonds. The molecule has 0 radical (unpaired) electrons. The van der Waals surface area contributed by atoms with Crippen molar-refractivity contribution in [2.24, 2.45) is 0 Å². The number of cyclic esters (lactones) is 1. The first-order chi connectivity index (χ1) is 14.7. The largest absolute Gasteiger partial charge is 0.497 e. The van der Waals surface area contributed by atoms with E-state index in [9.17, 15) is 27.9 Å². The summed E-state index contributed by atoms with van der Waals surface area (Å²) in [4.78, 5) is 24.5. The van der Waals surface area contributed by atoms with E-state index in [1.54, 1.807) is 12.1 Å². The van der Waals surface area contributed by atoms with Gasteiger partial charge in [-0.3, -0.25) is 0 Å². The van der Waals surface area contributed by atoms with Crippen LogP contribution in [-0.2, 0) is 20.4 Å². The van der Waals surface area contributed by atoms with Crippen LogP contribution in [0.1, 0.15) is 27.9 Å². The topological polar surface area (TPSA) is 82.1 Å². The molecule has 1 saturated heterocycles. The first-order valence-electron chi connectivity index (χ1n) is 9.19. The van der Waals surface area contributed by atoms with E-state index in [4.69, 9.17) is 14.2 Å². The highest BCUT2D eigenvalue weighted by molar-refractivity contribution is 5.96. The molecule has 1 unspecified atom stereocenters. The second-order valence-corrected chi connectivity index (χ2v) is 7.00. The van der Waals surface area contributed by atoms with Gasteiger partial charge in [0.05, 0.1) is 24.8 Å². The second-order valence-electron chi connectivity index (χ2n) is 7.00. The fourth-order valence-corrected chi connectivity index (χ4v) is 3.02. The average molecular weight is 436 g/mol. The maximum atomic E-state index is 12.7. The molecule has 1 heterocycles. The Bertz CT molecular complexity index is 980. The summed E-state index contributed by atoms with van der Waals surface area (Å²) in [6.07, 6.45) is -3.15. The molecule has 1 aliphatic heterocycles. The minimum Gasteiger partial charge on any atom is -0.497 e. The van der Waals surface area contributed by atoms with Gasteiger partial charge in [-0.25, -0.2) is 9.59 Å². The van der Waals surface area contributed by atoms with Gasteiger partial charge in [0, 0.05) is 12.0 Å². The Morgan fingerprint density at radius 2 is 1.81 bits per heavy atom. The molecule has 6 nitrogen and oxygen atoms in total. The molecule has 2 aromatic carbocycles. The Morgan fingerprint density at radius 1 is 1.16 bits per heavy atom. The minimum atomic E-state index is -4.46. The molecule has 0 bridgehead atoms. The van der Waals surface area contributed by atoms with Crippen molar-refractivity contribution in [2.75, 3.05) is 20.3 Å². The molecule has 1 N–H and O–H groups in total. The SMILES string of the molecule is COc1ccc(C(=O)OCC2(CO)C/C(=C\c3ccc(C(F)(F)F)cc3)C(=O)O2)cc1. The van der Waals surface area contributed by atoms with Crippen LogP contribution in [0, 0.1) is 0 Å². The van der Waals surface area contributed by atoms with E-state index < -0.39 is 35.9 Å². The molecular weight excluding hydrogens is 417 g/mol. The van der Waals surface area contributed by atoms with Gasteiger partial charge in [0.1, 0.15) is 12.4 Å². The smallest absolute Gasteiger partial charge is 0.416 e. The Labute approximate surface area is 175 Å². The van der Waals surface area contributed by atoms with E-state index in [-0.39, 0.29) is 24.2 Å². The number of halogens is 3. The predicted octanol–water partition coefficient (Wildman–Crippen LogP) is 3.63. The van der Waals surface area contributed by atoms with E-state index in [1.165, 1.54) is 37.5 Å². The van der Waals surface area contributed by atoms with Crippen molar-refractivity contribution in [3.63, 3.8) is 0 Å². The summed E-state index contributed by atoms with van der Waals surface area (Å²) < 4.78 is 53.5. The normalized spacial score (nSPS) is 19.9. The summed E-state index contributed by atoms with van der Waals surface area (Å²) in [5.41, 5.74) is -1.51.